The number of pyridine rings is 1. The molecule has 184 valence electrons. The van der Waals surface area contributed by atoms with Crippen molar-refractivity contribution in [1.29, 1.82) is 0 Å². The van der Waals surface area contributed by atoms with E-state index in [0.717, 1.165) is 16.0 Å². The molecule has 2 aromatic heterocycles. The number of carbonyl (C=O) groups excluding carboxylic acids is 1. The van der Waals surface area contributed by atoms with Crippen LogP contribution < -0.4 is 5.32 Å². The molecule has 2 aromatic rings. The van der Waals surface area contributed by atoms with E-state index < -0.39 is 6.17 Å². The number of rotatable bonds is 4. The minimum absolute atomic E-state index is 0.0642. The molecule has 11 heteroatoms. The molecule has 4 heterocycles. The van der Waals surface area contributed by atoms with Crippen LogP contribution in [0, 0.1) is 5.92 Å². The fourth-order valence-corrected chi connectivity index (χ4v) is 5.69. The topological polar surface area (TPSA) is 99.9 Å². The summed E-state index contributed by atoms with van der Waals surface area (Å²) in [5.74, 6) is -0.333. The predicted octanol–water partition coefficient (Wildman–Crippen LogP) is 4.71. The van der Waals surface area contributed by atoms with E-state index in [9.17, 15) is 14.3 Å². The fraction of sp³-hybridized carbons (Fsp3) is 0.417. The molecule has 0 aromatic carbocycles. The van der Waals surface area contributed by atoms with Crippen LogP contribution in [-0.4, -0.2) is 63.7 Å². The van der Waals surface area contributed by atoms with Crippen LogP contribution in [0.3, 0.4) is 0 Å². The van der Waals surface area contributed by atoms with Crippen LogP contribution in [0.15, 0.2) is 29.6 Å². The minimum atomic E-state index is -1.04. The van der Waals surface area contributed by atoms with Crippen molar-refractivity contribution in [3.8, 4) is 0 Å². The summed E-state index contributed by atoms with van der Waals surface area (Å²) in [7, 11) is 0. The van der Waals surface area contributed by atoms with E-state index in [0.29, 0.717) is 46.8 Å². The Morgan fingerprint density at radius 2 is 2.23 bits per heavy atom. The van der Waals surface area contributed by atoms with Crippen molar-refractivity contribution in [2.24, 2.45) is 11.1 Å². The molecule has 0 bridgehead atoms. The number of halogens is 2. The highest BCUT2D eigenvalue weighted by molar-refractivity contribution is 7.16. The van der Waals surface area contributed by atoms with Gasteiger partial charge in [-0.15, -0.1) is 11.3 Å². The van der Waals surface area contributed by atoms with Crippen molar-refractivity contribution in [2.75, 3.05) is 25.0 Å². The predicted molar refractivity (Wildman–Crippen MR) is 135 cm³/mol. The van der Waals surface area contributed by atoms with Gasteiger partial charge in [-0.25, -0.2) is 14.2 Å². The molecule has 4 unspecified atom stereocenters. The Bertz CT molecular complexity index is 1250. The zero-order valence-electron chi connectivity index (χ0n) is 19.2. The van der Waals surface area contributed by atoms with Gasteiger partial charge in [-0.1, -0.05) is 36.7 Å². The molecule has 2 aliphatic heterocycles. The Hall–Kier alpha value is -2.82. The van der Waals surface area contributed by atoms with Crippen molar-refractivity contribution >= 4 is 51.5 Å². The lowest BCUT2D eigenvalue weighted by Gasteiger charge is -2.26. The number of nitrogens with zero attached hydrogens (tertiary/aromatic N) is 4. The van der Waals surface area contributed by atoms with Gasteiger partial charge >= 0.3 is 6.03 Å². The van der Waals surface area contributed by atoms with Crippen molar-refractivity contribution in [2.45, 2.75) is 38.5 Å². The number of anilines is 1. The molecule has 0 saturated carbocycles. The summed E-state index contributed by atoms with van der Waals surface area (Å²) < 4.78 is 13.9. The molecule has 2 amide bonds. The molecule has 0 spiro atoms. The highest BCUT2D eigenvalue weighted by atomic mass is 35.5. The summed E-state index contributed by atoms with van der Waals surface area (Å²) in [6.45, 7) is 4.56. The van der Waals surface area contributed by atoms with Crippen LogP contribution in [-0.2, 0) is 4.84 Å². The average Bonchev–Trinajstić information content (AvgIpc) is 3.44. The Balaban J connectivity index is 1.24. The van der Waals surface area contributed by atoms with Crippen LogP contribution >= 0.6 is 22.9 Å². The van der Waals surface area contributed by atoms with Gasteiger partial charge in [0.1, 0.15) is 6.17 Å². The van der Waals surface area contributed by atoms with E-state index >= 15 is 0 Å². The number of fused-ring (bicyclic) bond motifs is 1. The van der Waals surface area contributed by atoms with Crippen molar-refractivity contribution in [3.63, 3.8) is 0 Å². The number of allylic oxidation sites excluding steroid dienone is 1. The molecule has 1 aliphatic carbocycles. The Kier molecular flexibility index (Phi) is 6.61. The summed E-state index contributed by atoms with van der Waals surface area (Å²) in [4.78, 5) is 29.6. The summed E-state index contributed by atoms with van der Waals surface area (Å²) >= 11 is 7.87. The van der Waals surface area contributed by atoms with E-state index in [1.165, 1.54) is 17.4 Å². The number of hydrogen-bond acceptors (Lipinski definition) is 7. The molecule has 0 radical (unpaired) electrons. The smallest absolute Gasteiger partial charge is 0.323 e. The van der Waals surface area contributed by atoms with Gasteiger partial charge < -0.3 is 14.8 Å². The number of hydrogen-bond donors (Lipinski definition) is 2. The van der Waals surface area contributed by atoms with Crippen LogP contribution in [0.5, 0.6) is 0 Å². The van der Waals surface area contributed by atoms with Gasteiger partial charge in [-0.3, -0.25) is 10.3 Å². The number of urea groups is 1. The van der Waals surface area contributed by atoms with Gasteiger partial charge in [0.15, 0.2) is 11.2 Å². The van der Waals surface area contributed by atoms with E-state index in [-0.39, 0.29) is 30.6 Å². The number of amides is 2. The molecular weight excluding hydrogens is 493 g/mol. The summed E-state index contributed by atoms with van der Waals surface area (Å²) in [5, 5.41) is 17.3. The lowest BCUT2D eigenvalue weighted by Crippen LogP contribution is -2.38. The second-order valence-corrected chi connectivity index (χ2v) is 10.3. The Morgan fingerprint density at radius 3 is 2.91 bits per heavy atom. The van der Waals surface area contributed by atoms with E-state index in [4.69, 9.17) is 16.4 Å². The van der Waals surface area contributed by atoms with Crippen molar-refractivity contribution < 1.29 is 19.1 Å². The van der Waals surface area contributed by atoms with E-state index in [2.05, 4.69) is 20.4 Å². The highest BCUT2D eigenvalue weighted by Gasteiger charge is 2.31. The zero-order chi connectivity index (χ0) is 24.7. The molecule has 0 saturated heterocycles. The van der Waals surface area contributed by atoms with E-state index in [1.54, 1.807) is 17.2 Å². The minimum Gasteiger partial charge on any atom is -0.392 e. The van der Waals surface area contributed by atoms with Crippen molar-refractivity contribution in [1.82, 2.24) is 14.9 Å². The average molecular weight is 518 g/mol. The van der Waals surface area contributed by atoms with Gasteiger partial charge in [-0.05, 0) is 30.2 Å². The van der Waals surface area contributed by atoms with Gasteiger partial charge in [0.2, 0.25) is 0 Å². The molecular formula is C24H25ClFN5O3S. The quantitative estimate of drug-likeness (QED) is 0.611. The Morgan fingerprint density at radius 1 is 1.40 bits per heavy atom. The van der Waals surface area contributed by atoms with Gasteiger partial charge in [0, 0.05) is 41.6 Å². The standard InChI is InChI=1S/C24H25ClFN5O3S/c1-12-17(26)3-4-18-22(12)35-23(28-18)29-24(33)31-7-5-14(6-8-31)21-16(25)9-15(10-27-21)20-13(2)19(11-32)34-30-20/h3-5,9-10,12-13,17,19,32H,6-8,11H2,1-2H3,(H,28,29,33). The highest BCUT2D eigenvalue weighted by Crippen LogP contribution is 2.37. The Labute approximate surface area is 211 Å². The molecule has 0 fully saturated rings. The lowest BCUT2D eigenvalue weighted by atomic mass is 9.95. The third kappa shape index (κ3) is 4.57. The molecule has 8 nitrogen and oxygen atoms in total. The number of carbonyl (C=O) groups is 1. The van der Waals surface area contributed by atoms with Gasteiger partial charge in [-0.2, -0.15) is 0 Å². The van der Waals surface area contributed by atoms with E-state index in [1.807, 2.05) is 26.0 Å². The van der Waals surface area contributed by atoms with Crippen molar-refractivity contribution in [3.05, 3.63) is 51.3 Å². The number of alkyl halides is 1. The molecule has 35 heavy (non-hydrogen) atoms. The number of oxime groups is 1. The second kappa shape index (κ2) is 9.67. The first-order valence-electron chi connectivity index (χ1n) is 11.4. The second-order valence-electron chi connectivity index (χ2n) is 8.86. The maximum Gasteiger partial charge on any atom is 0.323 e. The summed E-state index contributed by atoms with van der Waals surface area (Å²) in [6, 6.07) is 1.56. The first kappa shape index (κ1) is 23.9. The third-order valence-corrected chi connectivity index (χ3v) is 8.09. The monoisotopic (exact) mass is 517 g/mol. The maximum atomic E-state index is 13.9. The SMILES string of the molecule is CC1C(c2cnc(C3=CCN(C(=O)Nc4nc5c(s4)C(C)C(F)C=C5)CC3)c(Cl)c2)=NOC1CO. The normalized spacial score (nSPS) is 25.6. The molecule has 5 rings (SSSR count). The van der Waals surface area contributed by atoms with Crippen LogP contribution in [0.1, 0.15) is 48.0 Å². The third-order valence-electron chi connectivity index (χ3n) is 6.62. The number of nitrogens with one attached hydrogen (secondary N) is 1. The molecule has 4 atom stereocenters. The van der Waals surface area contributed by atoms with Crippen LogP contribution in [0.4, 0.5) is 14.3 Å². The largest absolute Gasteiger partial charge is 0.392 e. The molecule has 2 N–H and O–H groups in total. The van der Waals surface area contributed by atoms with Crippen LogP contribution in [0.2, 0.25) is 5.02 Å². The van der Waals surface area contributed by atoms with Gasteiger partial charge in [0.25, 0.3) is 0 Å². The first-order valence-corrected chi connectivity index (χ1v) is 12.6. The first-order chi connectivity index (χ1) is 16.9. The summed E-state index contributed by atoms with van der Waals surface area (Å²) in [5.41, 5.74) is 3.83. The molecule has 3 aliphatic rings. The maximum absolute atomic E-state index is 13.9. The lowest BCUT2D eigenvalue weighted by molar-refractivity contribution is 0.0211. The zero-order valence-corrected chi connectivity index (χ0v) is 20.8. The fourth-order valence-electron chi connectivity index (χ4n) is 4.37. The van der Waals surface area contributed by atoms with Crippen LogP contribution in [0.25, 0.3) is 11.6 Å². The number of aliphatic hydroxyl groups is 1. The summed E-state index contributed by atoms with van der Waals surface area (Å²) in [6.07, 6.45) is 6.03. The number of thiazole rings is 1. The van der Waals surface area contributed by atoms with Gasteiger partial charge in [0.05, 0.1) is 28.7 Å². The number of aromatic nitrogens is 2. The number of aliphatic hydroxyl groups excluding tert-OH is 1.